The van der Waals surface area contributed by atoms with Crippen molar-refractivity contribution in [1.29, 1.82) is 0 Å². The van der Waals surface area contributed by atoms with E-state index in [9.17, 15) is 0 Å². The predicted octanol–water partition coefficient (Wildman–Crippen LogP) is 4.63. The number of rotatable bonds is 5. The Hall–Kier alpha value is -0.630. The van der Waals surface area contributed by atoms with Crippen LogP contribution in [0, 0.1) is 0 Å². The Morgan fingerprint density at radius 1 is 1.47 bits per heavy atom. The Morgan fingerprint density at radius 2 is 2.27 bits per heavy atom. The van der Waals surface area contributed by atoms with Crippen LogP contribution in [0.15, 0.2) is 33.8 Å². The molecular weight excluding hydrogens is 204 g/mol. The number of ether oxygens (including phenoxy) is 1. The van der Waals surface area contributed by atoms with E-state index in [0.29, 0.717) is 0 Å². The maximum atomic E-state index is 5.21. The maximum Gasteiger partial charge on any atom is 0.0959 e. The molecule has 0 aliphatic heterocycles. The zero-order valence-electron chi connectivity index (χ0n) is 9.88. The van der Waals surface area contributed by atoms with Gasteiger partial charge in [0.15, 0.2) is 0 Å². The zero-order valence-corrected chi connectivity index (χ0v) is 10.7. The van der Waals surface area contributed by atoms with E-state index in [1.54, 1.807) is 7.11 Å². The van der Waals surface area contributed by atoms with E-state index in [1.807, 2.05) is 11.8 Å². The summed E-state index contributed by atoms with van der Waals surface area (Å²) in [7, 11) is 1.74. The second kappa shape index (κ2) is 6.78. The Morgan fingerprint density at radius 3 is 2.73 bits per heavy atom. The third kappa shape index (κ3) is 4.17. The lowest BCUT2D eigenvalue weighted by molar-refractivity contribution is 0.276. The van der Waals surface area contributed by atoms with Crippen LogP contribution in [-0.2, 0) is 4.74 Å². The maximum absolute atomic E-state index is 5.21. The average molecular weight is 224 g/mol. The second-order valence-corrected chi connectivity index (χ2v) is 4.83. The predicted molar refractivity (Wildman–Crippen MR) is 68.7 cm³/mol. The molecule has 0 amide bonds. The van der Waals surface area contributed by atoms with Gasteiger partial charge in [0, 0.05) is 6.42 Å². The third-order valence-electron chi connectivity index (χ3n) is 2.42. The SMILES string of the molecule is C/C=C(\CCC)SC1=CC=C(OC)CC1. The molecule has 0 unspecified atom stereocenters. The monoisotopic (exact) mass is 224 g/mol. The van der Waals surface area contributed by atoms with Crippen LogP contribution in [0.5, 0.6) is 0 Å². The van der Waals surface area contributed by atoms with Crippen molar-refractivity contribution in [2.24, 2.45) is 0 Å². The van der Waals surface area contributed by atoms with Gasteiger partial charge in [-0.25, -0.2) is 0 Å². The average Bonchev–Trinajstić information content (AvgIpc) is 2.29. The fraction of sp³-hybridized carbons (Fsp3) is 0.538. The van der Waals surface area contributed by atoms with Gasteiger partial charge < -0.3 is 4.74 Å². The Bertz CT molecular complexity index is 287. The highest BCUT2D eigenvalue weighted by Gasteiger charge is 2.08. The molecule has 1 aliphatic carbocycles. The van der Waals surface area contributed by atoms with E-state index in [0.717, 1.165) is 18.6 Å². The molecule has 0 atom stereocenters. The van der Waals surface area contributed by atoms with Gasteiger partial charge in [0.25, 0.3) is 0 Å². The highest BCUT2D eigenvalue weighted by Crippen LogP contribution is 2.34. The molecular formula is C13H20OS. The van der Waals surface area contributed by atoms with Crippen LogP contribution in [-0.4, -0.2) is 7.11 Å². The summed E-state index contributed by atoms with van der Waals surface area (Å²) in [6.07, 6.45) is 11.1. The van der Waals surface area contributed by atoms with Gasteiger partial charge in [0.2, 0.25) is 0 Å². The minimum atomic E-state index is 1.04. The summed E-state index contributed by atoms with van der Waals surface area (Å²) in [5.41, 5.74) is 0. The first-order valence-electron chi connectivity index (χ1n) is 5.57. The van der Waals surface area contributed by atoms with Crippen LogP contribution in [0.1, 0.15) is 39.5 Å². The molecule has 84 valence electrons. The molecule has 0 bridgehead atoms. The van der Waals surface area contributed by atoms with E-state index in [1.165, 1.54) is 22.7 Å². The topological polar surface area (TPSA) is 9.23 Å². The summed E-state index contributed by atoms with van der Waals surface area (Å²) in [4.78, 5) is 2.94. The molecule has 1 rings (SSSR count). The number of allylic oxidation sites excluding steroid dienone is 6. The Kier molecular flexibility index (Phi) is 5.62. The lowest BCUT2D eigenvalue weighted by atomic mass is 10.1. The largest absolute Gasteiger partial charge is 0.501 e. The van der Waals surface area contributed by atoms with Crippen molar-refractivity contribution in [1.82, 2.24) is 0 Å². The standard InChI is InChI=1S/C13H20OS/c1-4-6-12(5-2)15-13-9-7-11(14-3)8-10-13/h5,7,9H,4,6,8,10H2,1-3H3/b12-5+. The molecule has 2 heteroatoms. The molecule has 0 spiro atoms. The van der Waals surface area contributed by atoms with Gasteiger partial charge in [-0.2, -0.15) is 0 Å². The van der Waals surface area contributed by atoms with Crippen LogP contribution in [0.2, 0.25) is 0 Å². The summed E-state index contributed by atoms with van der Waals surface area (Å²) in [5.74, 6) is 1.09. The highest BCUT2D eigenvalue weighted by molar-refractivity contribution is 8.06. The van der Waals surface area contributed by atoms with Crippen LogP contribution >= 0.6 is 11.8 Å². The van der Waals surface area contributed by atoms with Crippen molar-refractivity contribution in [2.75, 3.05) is 7.11 Å². The molecule has 0 saturated heterocycles. The molecule has 15 heavy (non-hydrogen) atoms. The van der Waals surface area contributed by atoms with Crippen molar-refractivity contribution in [2.45, 2.75) is 39.5 Å². The molecule has 0 aromatic carbocycles. The second-order valence-electron chi connectivity index (χ2n) is 3.58. The van der Waals surface area contributed by atoms with Crippen molar-refractivity contribution in [3.05, 3.63) is 33.8 Å². The molecule has 0 radical (unpaired) electrons. The zero-order chi connectivity index (χ0) is 11.1. The van der Waals surface area contributed by atoms with E-state index >= 15 is 0 Å². The summed E-state index contributed by atoms with van der Waals surface area (Å²) in [5, 5.41) is 0. The van der Waals surface area contributed by atoms with Gasteiger partial charge in [-0.3, -0.25) is 0 Å². The third-order valence-corrected chi connectivity index (χ3v) is 3.72. The van der Waals surface area contributed by atoms with E-state index in [4.69, 9.17) is 4.74 Å². The minimum Gasteiger partial charge on any atom is -0.501 e. The van der Waals surface area contributed by atoms with Crippen molar-refractivity contribution in [3.63, 3.8) is 0 Å². The van der Waals surface area contributed by atoms with Gasteiger partial charge in [0.05, 0.1) is 12.9 Å². The normalized spacial score (nSPS) is 17.1. The smallest absolute Gasteiger partial charge is 0.0959 e. The molecule has 1 aliphatic rings. The first-order valence-corrected chi connectivity index (χ1v) is 6.38. The fourth-order valence-electron chi connectivity index (χ4n) is 1.52. The summed E-state index contributed by atoms with van der Waals surface area (Å²) in [6.45, 7) is 4.35. The van der Waals surface area contributed by atoms with Gasteiger partial charge >= 0.3 is 0 Å². The fourth-order valence-corrected chi connectivity index (χ4v) is 2.62. The van der Waals surface area contributed by atoms with Crippen LogP contribution < -0.4 is 0 Å². The quantitative estimate of drug-likeness (QED) is 0.673. The molecule has 0 aromatic heterocycles. The van der Waals surface area contributed by atoms with Crippen LogP contribution in [0.4, 0.5) is 0 Å². The molecule has 1 nitrogen and oxygen atoms in total. The summed E-state index contributed by atoms with van der Waals surface area (Å²) in [6, 6.07) is 0. The Labute approximate surface area is 97.3 Å². The van der Waals surface area contributed by atoms with E-state index in [2.05, 4.69) is 32.1 Å². The number of methoxy groups -OCH3 is 1. The Balaban J connectivity index is 2.53. The van der Waals surface area contributed by atoms with E-state index in [-0.39, 0.29) is 0 Å². The summed E-state index contributed by atoms with van der Waals surface area (Å²) < 4.78 is 5.21. The van der Waals surface area contributed by atoms with E-state index < -0.39 is 0 Å². The minimum absolute atomic E-state index is 1.04. The highest BCUT2D eigenvalue weighted by atomic mass is 32.2. The van der Waals surface area contributed by atoms with Crippen molar-refractivity contribution in [3.8, 4) is 0 Å². The molecule has 0 heterocycles. The van der Waals surface area contributed by atoms with Gasteiger partial charge in [-0.15, -0.1) is 0 Å². The number of hydrogen-bond acceptors (Lipinski definition) is 2. The van der Waals surface area contributed by atoms with Gasteiger partial charge in [0.1, 0.15) is 0 Å². The van der Waals surface area contributed by atoms with Gasteiger partial charge in [-0.05, 0) is 41.7 Å². The van der Waals surface area contributed by atoms with Gasteiger partial charge in [-0.1, -0.05) is 31.2 Å². The van der Waals surface area contributed by atoms with Crippen molar-refractivity contribution >= 4 is 11.8 Å². The molecule has 0 fully saturated rings. The number of hydrogen-bond donors (Lipinski definition) is 0. The lowest BCUT2D eigenvalue weighted by Gasteiger charge is -2.14. The molecule has 0 N–H and O–H groups in total. The van der Waals surface area contributed by atoms with Crippen LogP contribution in [0.3, 0.4) is 0 Å². The molecule has 0 aromatic rings. The van der Waals surface area contributed by atoms with Crippen molar-refractivity contribution < 1.29 is 4.74 Å². The number of thioether (sulfide) groups is 1. The first-order chi connectivity index (χ1) is 7.30. The first kappa shape index (κ1) is 12.4. The summed E-state index contributed by atoms with van der Waals surface area (Å²) >= 11 is 1.92. The van der Waals surface area contributed by atoms with Crippen LogP contribution in [0.25, 0.3) is 0 Å². The molecule has 0 saturated carbocycles. The lowest BCUT2D eigenvalue weighted by Crippen LogP contribution is -1.93.